The summed E-state index contributed by atoms with van der Waals surface area (Å²) >= 11 is 0. The van der Waals surface area contributed by atoms with Crippen molar-refractivity contribution in [3.8, 4) is 0 Å². The van der Waals surface area contributed by atoms with Gasteiger partial charge in [-0.1, -0.05) is 6.92 Å². The molecule has 2 atom stereocenters. The van der Waals surface area contributed by atoms with E-state index in [0.29, 0.717) is 6.42 Å². The van der Waals surface area contributed by atoms with Gasteiger partial charge < -0.3 is 14.9 Å². The Balaban J connectivity index is 4.26. The van der Waals surface area contributed by atoms with E-state index in [0.717, 1.165) is 7.11 Å². The van der Waals surface area contributed by atoms with E-state index in [-0.39, 0.29) is 6.42 Å². The van der Waals surface area contributed by atoms with Crippen LogP contribution in [0.1, 0.15) is 19.8 Å². The van der Waals surface area contributed by atoms with Crippen molar-refractivity contribution in [2.24, 2.45) is 5.92 Å². The average molecular weight is 190 g/mol. The average Bonchev–Trinajstić information content (AvgIpc) is 2.11. The molecule has 0 bridgehead atoms. The predicted molar refractivity (Wildman–Crippen MR) is 44.1 cm³/mol. The van der Waals surface area contributed by atoms with Gasteiger partial charge in [0.1, 0.15) is 0 Å². The highest BCUT2D eigenvalue weighted by Crippen LogP contribution is 2.11. The van der Waals surface area contributed by atoms with E-state index in [9.17, 15) is 9.59 Å². The Morgan fingerprint density at radius 1 is 1.46 bits per heavy atom. The fourth-order valence-electron chi connectivity index (χ4n) is 0.879. The molecule has 5 nitrogen and oxygen atoms in total. The lowest BCUT2D eigenvalue weighted by Crippen LogP contribution is -2.28. The van der Waals surface area contributed by atoms with Crippen molar-refractivity contribution in [1.29, 1.82) is 0 Å². The molecule has 0 heterocycles. The number of hydrogen-bond acceptors (Lipinski definition) is 4. The maximum atomic E-state index is 10.9. The van der Waals surface area contributed by atoms with Crippen molar-refractivity contribution in [3.63, 3.8) is 0 Å². The van der Waals surface area contributed by atoms with Gasteiger partial charge in [0.05, 0.1) is 13.2 Å². The molecule has 0 spiro atoms. The zero-order valence-electron chi connectivity index (χ0n) is 7.69. The summed E-state index contributed by atoms with van der Waals surface area (Å²) in [7, 11) is 1.12. The van der Waals surface area contributed by atoms with Crippen LogP contribution in [0.3, 0.4) is 0 Å². The van der Waals surface area contributed by atoms with Crippen LogP contribution in [0, 0.1) is 5.92 Å². The van der Waals surface area contributed by atoms with Crippen molar-refractivity contribution >= 4 is 11.9 Å². The van der Waals surface area contributed by atoms with Crippen LogP contribution in [-0.2, 0) is 14.3 Å². The number of methoxy groups -OCH3 is 1. The van der Waals surface area contributed by atoms with E-state index in [1.54, 1.807) is 6.92 Å². The van der Waals surface area contributed by atoms with Gasteiger partial charge in [-0.25, -0.2) is 0 Å². The van der Waals surface area contributed by atoms with Crippen molar-refractivity contribution in [2.45, 2.75) is 25.9 Å². The molecule has 0 saturated carbocycles. The Morgan fingerprint density at radius 2 is 2.00 bits per heavy atom. The van der Waals surface area contributed by atoms with Crippen LogP contribution in [0.5, 0.6) is 0 Å². The smallest absolute Gasteiger partial charge is 0.320 e. The molecule has 0 amide bonds. The number of carboxylic acid groups (broad SMARTS) is 1. The van der Waals surface area contributed by atoms with Gasteiger partial charge in [0.2, 0.25) is 0 Å². The third kappa shape index (κ3) is 3.89. The van der Waals surface area contributed by atoms with E-state index in [1.165, 1.54) is 0 Å². The molecule has 0 aromatic rings. The molecule has 13 heavy (non-hydrogen) atoms. The van der Waals surface area contributed by atoms with Crippen molar-refractivity contribution in [3.05, 3.63) is 0 Å². The Kier molecular flexibility index (Phi) is 5.06. The molecule has 0 fully saturated rings. The fourth-order valence-corrected chi connectivity index (χ4v) is 0.879. The first-order chi connectivity index (χ1) is 6.02. The summed E-state index contributed by atoms with van der Waals surface area (Å²) in [6, 6.07) is 0. The lowest BCUT2D eigenvalue weighted by Gasteiger charge is -2.12. The van der Waals surface area contributed by atoms with Gasteiger partial charge in [-0.05, 0) is 12.8 Å². The van der Waals surface area contributed by atoms with Gasteiger partial charge in [-0.15, -0.1) is 0 Å². The van der Waals surface area contributed by atoms with Crippen LogP contribution in [0.25, 0.3) is 0 Å². The van der Waals surface area contributed by atoms with Crippen molar-refractivity contribution < 1.29 is 24.5 Å². The SMILES string of the molecule is CCC(O)CC(C(=O)O)C(=O)OC. The second-order valence-electron chi connectivity index (χ2n) is 2.71. The van der Waals surface area contributed by atoms with Crippen LogP contribution in [0.2, 0.25) is 0 Å². The molecule has 76 valence electrons. The monoisotopic (exact) mass is 190 g/mol. The van der Waals surface area contributed by atoms with Crippen LogP contribution >= 0.6 is 0 Å². The molecule has 0 rings (SSSR count). The second-order valence-corrected chi connectivity index (χ2v) is 2.71. The number of hydrogen-bond donors (Lipinski definition) is 2. The third-order valence-electron chi connectivity index (χ3n) is 1.76. The summed E-state index contributed by atoms with van der Waals surface area (Å²) in [6.45, 7) is 1.71. The van der Waals surface area contributed by atoms with Crippen LogP contribution in [0.15, 0.2) is 0 Å². The minimum atomic E-state index is -1.26. The Labute approximate surface area is 76.3 Å². The first kappa shape index (κ1) is 11.9. The number of esters is 1. The standard InChI is InChI=1S/C8H14O5/c1-3-5(9)4-6(7(10)11)8(12)13-2/h5-6,9H,3-4H2,1-2H3,(H,10,11). The molecule has 0 saturated heterocycles. The lowest BCUT2D eigenvalue weighted by molar-refractivity contribution is -0.158. The van der Waals surface area contributed by atoms with Gasteiger partial charge >= 0.3 is 11.9 Å². The fraction of sp³-hybridized carbons (Fsp3) is 0.750. The number of carbonyl (C=O) groups excluding carboxylic acids is 1. The zero-order chi connectivity index (χ0) is 10.4. The van der Waals surface area contributed by atoms with Gasteiger partial charge in [-0.3, -0.25) is 9.59 Å². The van der Waals surface area contributed by atoms with E-state index in [1.807, 2.05) is 0 Å². The topological polar surface area (TPSA) is 83.8 Å². The van der Waals surface area contributed by atoms with E-state index >= 15 is 0 Å². The summed E-state index contributed by atoms with van der Waals surface area (Å²) < 4.78 is 4.29. The minimum Gasteiger partial charge on any atom is -0.481 e. The second kappa shape index (κ2) is 5.53. The van der Waals surface area contributed by atoms with Gasteiger partial charge in [0.25, 0.3) is 0 Å². The van der Waals surface area contributed by atoms with Crippen LogP contribution in [0.4, 0.5) is 0 Å². The maximum Gasteiger partial charge on any atom is 0.320 e. The van der Waals surface area contributed by atoms with Crippen molar-refractivity contribution in [2.75, 3.05) is 7.11 Å². The predicted octanol–water partition coefficient (Wildman–Crippen LogP) is 0.0212. The number of ether oxygens (including phenoxy) is 1. The Hall–Kier alpha value is -1.10. The molecule has 0 aliphatic rings. The molecule has 0 aromatic heterocycles. The highest BCUT2D eigenvalue weighted by molar-refractivity contribution is 5.93. The molecule has 0 aliphatic heterocycles. The Bertz CT molecular complexity index is 189. The summed E-state index contributed by atoms with van der Waals surface area (Å²) in [5.41, 5.74) is 0. The van der Waals surface area contributed by atoms with Gasteiger partial charge in [-0.2, -0.15) is 0 Å². The Morgan fingerprint density at radius 3 is 2.31 bits per heavy atom. The number of aliphatic hydroxyl groups excluding tert-OH is 1. The van der Waals surface area contributed by atoms with Gasteiger partial charge in [0, 0.05) is 0 Å². The molecule has 0 radical (unpaired) electrons. The molecular weight excluding hydrogens is 176 g/mol. The highest BCUT2D eigenvalue weighted by Gasteiger charge is 2.29. The summed E-state index contributed by atoms with van der Waals surface area (Å²) in [5.74, 6) is -3.35. The summed E-state index contributed by atoms with van der Waals surface area (Å²) in [5, 5.41) is 17.8. The normalized spacial score (nSPS) is 14.7. The number of carboxylic acids is 1. The molecule has 0 aromatic carbocycles. The summed E-state index contributed by atoms with van der Waals surface area (Å²) in [6.07, 6.45) is -0.459. The summed E-state index contributed by atoms with van der Waals surface area (Å²) in [4.78, 5) is 21.4. The quantitative estimate of drug-likeness (QED) is 0.471. The lowest BCUT2D eigenvalue weighted by atomic mass is 10.0. The molecule has 2 N–H and O–H groups in total. The molecule has 0 aliphatic carbocycles. The number of aliphatic carboxylic acids is 1. The highest BCUT2D eigenvalue weighted by atomic mass is 16.5. The number of carbonyl (C=O) groups is 2. The maximum absolute atomic E-state index is 10.9. The first-order valence-electron chi connectivity index (χ1n) is 4.01. The molecule has 2 unspecified atom stereocenters. The van der Waals surface area contributed by atoms with Gasteiger partial charge in [0.15, 0.2) is 5.92 Å². The number of aliphatic hydroxyl groups is 1. The molecular formula is C8H14O5. The largest absolute Gasteiger partial charge is 0.481 e. The van der Waals surface area contributed by atoms with E-state index in [2.05, 4.69) is 4.74 Å². The minimum absolute atomic E-state index is 0.0987. The third-order valence-corrected chi connectivity index (χ3v) is 1.76. The van der Waals surface area contributed by atoms with E-state index in [4.69, 9.17) is 10.2 Å². The zero-order valence-corrected chi connectivity index (χ0v) is 7.69. The van der Waals surface area contributed by atoms with Crippen LogP contribution in [-0.4, -0.2) is 35.4 Å². The van der Waals surface area contributed by atoms with Crippen molar-refractivity contribution in [1.82, 2.24) is 0 Å². The van der Waals surface area contributed by atoms with Crippen LogP contribution < -0.4 is 0 Å². The molecule has 5 heteroatoms. The number of rotatable bonds is 5. The van der Waals surface area contributed by atoms with E-state index < -0.39 is 24.0 Å². The first-order valence-corrected chi connectivity index (χ1v) is 4.01.